The standard InChI is InChI=1S/C15H15ClN2O2/c1-20-9-10-3-2-4-12(7-10)18-15(19)13-8-11(16)5-6-14(13)17/h2-8H,9,17H2,1H3,(H,18,19). The van der Waals surface area contributed by atoms with Gasteiger partial charge in [-0.2, -0.15) is 0 Å². The van der Waals surface area contributed by atoms with Crippen LogP contribution in [-0.4, -0.2) is 13.0 Å². The average Bonchev–Trinajstić information content (AvgIpc) is 2.42. The Bertz CT molecular complexity index is 629. The molecule has 104 valence electrons. The maximum absolute atomic E-state index is 12.2. The second-order valence-electron chi connectivity index (χ2n) is 4.32. The number of methoxy groups -OCH3 is 1. The summed E-state index contributed by atoms with van der Waals surface area (Å²) in [4.78, 5) is 12.2. The molecule has 0 aliphatic carbocycles. The molecule has 20 heavy (non-hydrogen) atoms. The van der Waals surface area contributed by atoms with Crippen LogP contribution in [0.15, 0.2) is 42.5 Å². The van der Waals surface area contributed by atoms with Gasteiger partial charge < -0.3 is 15.8 Å². The van der Waals surface area contributed by atoms with E-state index in [1.807, 2.05) is 18.2 Å². The molecule has 0 aliphatic rings. The van der Waals surface area contributed by atoms with Gasteiger partial charge in [-0.05, 0) is 35.9 Å². The summed E-state index contributed by atoms with van der Waals surface area (Å²) in [5.41, 5.74) is 8.19. The third-order valence-corrected chi connectivity index (χ3v) is 2.99. The van der Waals surface area contributed by atoms with Gasteiger partial charge in [0, 0.05) is 23.5 Å². The van der Waals surface area contributed by atoms with E-state index in [0.717, 1.165) is 5.56 Å². The molecule has 0 heterocycles. The fraction of sp³-hybridized carbons (Fsp3) is 0.133. The highest BCUT2D eigenvalue weighted by molar-refractivity contribution is 6.31. The Hall–Kier alpha value is -2.04. The number of carbonyl (C=O) groups excluding carboxylic acids is 1. The van der Waals surface area contributed by atoms with Crippen molar-refractivity contribution >= 4 is 28.9 Å². The zero-order valence-corrected chi connectivity index (χ0v) is 11.8. The molecular formula is C15H15ClN2O2. The number of ether oxygens (including phenoxy) is 1. The minimum Gasteiger partial charge on any atom is -0.398 e. The van der Waals surface area contributed by atoms with Gasteiger partial charge in [-0.15, -0.1) is 0 Å². The van der Waals surface area contributed by atoms with Crippen LogP contribution in [0.5, 0.6) is 0 Å². The minimum atomic E-state index is -0.292. The number of benzene rings is 2. The molecule has 1 amide bonds. The van der Waals surface area contributed by atoms with Crippen molar-refractivity contribution in [3.05, 3.63) is 58.6 Å². The molecule has 0 spiro atoms. The number of anilines is 2. The molecule has 2 aromatic rings. The van der Waals surface area contributed by atoms with Crippen molar-refractivity contribution < 1.29 is 9.53 Å². The first-order valence-electron chi connectivity index (χ1n) is 6.04. The molecule has 0 radical (unpaired) electrons. The van der Waals surface area contributed by atoms with E-state index in [9.17, 15) is 4.79 Å². The normalized spacial score (nSPS) is 10.3. The Labute approximate surface area is 122 Å². The fourth-order valence-corrected chi connectivity index (χ4v) is 2.00. The molecule has 0 aromatic heterocycles. The first-order chi connectivity index (χ1) is 9.60. The van der Waals surface area contributed by atoms with Gasteiger partial charge in [0.1, 0.15) is 0 Å². The molecule has 2 rings (SSSR count). The summed E-state index contributed by atoms with van der Waals surface area (Å²) < 4.78 is 5.06. The van der Waals surface area contributed by atoms with Crippen molar-refractivity contribution in [3.63, 3.8) is 0 Å². The third-order valence-electron chi connectivity index (χ3n) is 2.76. The highest BCUT2D eigenvalue weighted by Gasteiger charge is 2.10. The zero-order chi connectivity index (χ0) is 14.5. The van der Waals surface area contributed by atoms with Gasteiger partial charge in [0.25, 0.3) is 5.91 Å². The molecule has 0 bridgehead atoms. The van der Waals surface area contributed by atoms with Crippen LogP contribution in [0.4, 0.5) is 11.4 Å². The molecule has 2 aromatic carbocycles. The molecular weight excluding hydrogens is 276 g/mol. The molecule has 4 nitrogen and oxygen atoms in total. The van der Waals surface area contributed by atoms with Crippen LogP contribution in [0, 0.1) is 0 Å². The Morgan fingerprint density at radius 1 is 1.30 bits per heavy atom. The third kappa shape index (κ3) is 3.50. The lowest BCUT2D eigenvalue weighted by molar-refractivity contribution is 0.102. The number of nitrogen functional groups attached to an aromatic ring is 1. The molecule has 0 saturated carbocycles. The van der Waals surface area contributed by atoms with Crippen molar-refractivity contribution in [2.24, 2.45) is 0 Å². The van der Waals surface area contributed by atoms with Gasteiger partial charge in [-0.1, -0.05) is 23.7 Å². The second kappa shape index (κ2) is 6.41. The van der Waals surface area contributed by atoms with E-state index in [4.69, 9.17) is 22.1 Å². The van der Waals surface area contributed by atoms with Crippen molar-refractivity contribution in [2.75, 3.05) is 18.2 Å². The first-order valence-corrected chi connectivity index (χ1v) is 6.42. The van der Waals surface area contributed by atoms with E-state index < -0.39 is 0 Å². The van der Waals surface area contributed by atoms with E-state index in [-0.39, 0.29) is 5.91 Å². The topological polar surface area (TPSA) is 64.3 Å². The van der Waals surface area contributed by atoms with Gasteiger partial charge in [0.05, 0.1) is 12.2 Å². The Morgan fingerprint density at radius 2 is 2.10 bits per heavy atom. The number of rotatable bonds is 4. The molecule has 5 heteroatoms. The Morgan fingerprint density at radius 3 is 2.85 bits per heavy atom. The monoisotopic (exact) mass is 290 g/mol. The summed E-state index contributed by atoms with van der Waals surface area (Å²) in [7, 11) is 1.62. The highest BCUT2D eigenvalue weighted by atomic mass is 35.5. The Balaban J connectivity index is 2.19. The van der Waals surface area contributed by atoms with Crippen LogP contribution in [0.2, 0.25) is 5.02 Å². The number of hydrogen-bond acceptors (Lipinski definition) is 3. The van der Waals surface area contributed by atoms with Gasteiger partial charge >= 0.3 is 0 Å². The fourth-order valence-electron chi connectivity index (χ4n) is 1.83. The average molecular weight is 291 g/mol. The maximum atomic E-state index is 12.2. The summed E-state index contributed by atoms with van der Waals surface area (Å²) in [5.74, 6) is -0.292. The van der Waals surface area contributed by atoms with Crippen molar-refractivity contribution in [2.45, 2.75) is 6.61 Å². The summed E-state index contributed by atoms with van der Waals surface area (Å²) in [6, 6.07) is 12.2. The van der Waals surface area contributed by atoms with Crippen LogP contribution in [0.25, 0.3) is 0 Å². The summed E-state index contributed by atoms with van der Waals surface area (Å²) in [5, 5.41) is 3.26. The largest absolute Gasteiger partial charge is 0.398 e. The molecule has 0 saturated heterocycles. The smallest absolute Gasteiger partial charge is 0.257 e. The van der Waals surface area contributed by atoms with Gasteiger partial charge in [0.15, 0.2) is 0 Å². The second-order valence-corrected chi connectivity index (χ2v) is 4.76. The number of carbonyl (C=O) groups is 1. The lowest BCUT2D eigenvalue weighted by Crippen LogP contribution is -2.14. The molecule has 0 fully saturated rings. The number of amides is 1. The van der Waals surface area contributed by atoms with E-state index in [0.29, 0.717) is 28.6 Å². The van der Waals surface area contributed by atoms with Crippen LogP contribution in [-0.2, 0) is 11.3 Å². The quantitative estimate of drug-likeness (QED) is 0.849. The lowest BCUT2D eigenvalue weighted by Gasteiger charge is -2.09. The van der Waals surface area contributed by atoms with Crippen molar-refractivity contribution in [1.82, 2.24) is 0 Å². The van der Waals surface area contributed by atoms with Crippen LogP contribution < -0.4 is 11.1 Å². The molecule has 0 aliphatic heterocycles. The van der Waals surface area contributed by atoms with E-state index >= 15 is 0 Å². The van der Waals surface area contributed by atoms with Gasteiger partial charge in [-0.25, -0.2) is 0 Å². The van der Waals surface area contributed by atoms with Gasteiger partial charge in [-0.3, -0.25) is 4.79 Å². The number of nitrogens with one attached hydrogen (secondary N) is 1. The molecule has 0 atom stereocenters. The Kier molecular flexibility index (Phi) is 4.61. The van der Waals surface area contributed by atoms with Gasteiger partial charge in [0.2, 0.25) is 0 Å². The van der Waals surface area contributed by atoms with Crippen LogP contribution >= 0.6 is 11.6 Å². The first kappa shape index (κ1) is 14.4. The minimum absolute atomic E-state index is 0.292. The summed E-state index contributed by atoms with van der Waals surface area (Å²) >= 11 is 5.88. The van der Waals surface area contributed by atoms with Crippen LogP contribution in [0.1, 0.15) is 15.9 Å². The molecule has 3 N–H and O–H groups in total. The highest BCUT2D eigenvalue weighted by Crippen LogP contribution is 2.20. The number of nitrogens with two attached hydrogens (primary N) is 1. The number of hydrogen-bond donors (Lipinski definition) is 2. The van der Waals surface area contributed by atoms with E-state index in [1.54, 1.807) is 31.4 Å². The predicted molar refractivity (Wildman–Crippen MR) is 81.0 cm³/mol. The van der Waals surface area contributed by atoms with Crippen LogP contribution in [0.3, 0.4) is 0 Å². The molecule has 0 unspecified atom stereocenters. The summed E-state index contributed by atoms with van der Waals surface area (Å²) in [6.07, 6.45) is 0. The maximum Gasteiger partial charge on any atom is 0.257 e. The predicted octanol–water partition coefficient (Wildman–Crippen LogP) is 3.32. The SMILES string of the molecule is COCc1cccc(NC(=O)c2cc(Cl)ccc2N)c1. The van der Waals surface area contributed by atoms with E-state index in [1.165, 1.54) is 0 Å². The summed E-state index contributed by atoms with van der Waals surface area (Å²) in [6.45, 7) is 0.489. The zero-order valence-electron chi connectivity index (χ0n) is 11.0. The van der Waals surface area contributed by atoms with E-state index in [2.05, 4.69) is 5.32 Å². The van der Waals surface area contributed by atoms with Crippen molar-refractivity contribution in [3.8, 4) is 0 Å². The lowest BCUT2D eigenvalue weighted by atomic mass is 10.1. The number of halogens is 1. The van der Waals surface area contributed by atoms with Crippen molar-refractivity contribution in [1.29, 1.82) is 0 Å².